The fraction of sp³-hybridized carbons (Fsp3) is 0.200. The molecule has 102 valence electrons. The van der Waals surface area contributed by atoms with E-state index in [1.165, 1.54) is 17.8 Å². The molecule has 9 heteroatoms. The molecule has 2 heterocycles. The molecule has 2 aromatic rings. The van der Waals surface area contributed by atoms with E-state index in [9.17, 15) is 0 Å². The van der Waals surface area contributed by atoms with E-state index in [-0.39, 0.29) is 5.28 Å². The van der Waals surface area contributed by atoms with Crippen LogP contribution in [0, 0.1) is 6.92 Å². The van der Waals surface area contributed by atoms with Gasteiger partial charge < -0.3 is 0 Å². The van der Waals surface area contributed by atoms with E-state index in [4.69, 9.17) is 46.4 Å². The normalized spacial score (nSPS) is 9.79. The Morgan fingerprint density at radius 1 is 0.842 bits per heavy atom. The van der Waals surface area contributed by atoms with Crippen LogP contribution >= 0.6 is 58.2 Å². The first-order valence-corrected chi connectivity index (χ1v) is 7.55. The number of nitrogens with zero attached hydrogens (tertiary/aromatic N) is 4. The van der Waals surface area contributed by atoms with Crippen molar-refractivity contribution in [1.29, 1.82) is 0 Å². The standard InChI is InChI=1S/C5H4Cl2N2S.C5H4Cl2N2/c1-10-5-8-3(6)2-4(7)9-5;1-3-2-4(6)9-5(7)8-3/h2H,1H3;2H,1H3. The van der Waals surface area contributed by atoms with E-state index in [0.29, 0.717) is 20.6 Å². The van der Waals surface area contributed by atoms with Gasteiger partial charge in [-0.2, -0.15) is 0 Å². The minimum absolute atomic E-state index is 0.194. The van der Waals surface area contributed by atoms with E-state index >= 15 is 0 Å². The third-order valence-corrected chi connectivity index (χ3v) is 2.92. The third-order valence-electron chi connectivity index (χ3n) is 1.62. The Morgan fingerprint density at radius 2 is 1.37 bits per heavy atom. The lowest BCUT2D eigenvalue weighted by Crippen LogP contribution is -1.85. The Morgan fingerprint density at radius 3 is 1.79 bits per heavy atom. The van der Waals surface area contributed by atoms with Crippen LogP contribution in [0.1, 0.15) is 5.69 Å². The molecular weight excluding hydrogens is 350 g/mol. The first kappa shape index (κ1) is 16.7. The summed E-state index contributed by atoms with van der Waals surface area (Å²) in [6.07, 6.45) is 1.86. The molecule has 0 saturated carbocycles. The molecule has 0 N–H and O–H groups in total. The molecule has 2 aromatic heterocycles. The maximum absolute atomic E-state index is 5.58. The van der Waals surface area contributed by atoms with Crippen molar-refractivity contribution in [2.24, 2.45) is 0 Å². The first-order chi connectivity index (χ1) is 8.90. The zero-order chi connectivity index (χ0) is 14.4. The van der Waals surface area contributed by atoms with Crippen molar-refractivity contribution in [2.75, 3.05) is 6.26 Å². The van der Waals surface area contributed by atoms with Crippen LogP contribution in [-0.4, -0.2) is 26.2 Å². The zero-order valence-corrected chi connectivity index (χ0v) is 13.7. The second-order valence-electron chi connectivity index (χ2n) is 3.10. The fourth-order valence-electron chi connectivity index (χ4n) is 0.957. The molecule has 4 nitrogen and oxygen atoms in total. The Labute approximate surface area is 134 Å². The summed E-state index contributed by atoms with van der Waals surface area (Å²) in [4.78, 5) is 15.2. The highest BCUT2D eigenvalue weighted by Crippen LogP contribution is 2.16. The molecule has 0 atom stereocenters. The summed E-state index contributed by atoms with van der Waals surface area (Å²) in [5, 5.41) is 1.93. The van der Waals surface area contributed by atoms with Crippen molar-refractivity contribution in [1.82, 2.24) is 19.9 Å². The lowest BCUT2D eigenvalue weighted by Gasteiger charge is -1.94. The smallest absolute Gasteiger partial charge is 0.223 e. The van der Waals surface area contributed by atoms with Gasteiger partial charge >= 0.3 is 0 Å². The van der Waals surface area contributed by atoms with Crippen LogP contribution in [0.4, 0.5) is 0 Å². The minimum Gasteiger partial charge on any atom is -0.223 e. The number of aryl methyl sites for hydroxylation is 1. The van der Waals surface area contributed by atoms with Crippen molar-refractivity contribution in [3.8, 4) is 0 Å². The topological polar surface area (TPSA) is 51.6 Å². The number of halogens is 4. The SMILES string of the molecule is CSc1nc(Cl)cc(Cl)n1.Cc1cc(Cl)nc(Cl)n1. The molecule has 0 saturated heterocycles. The Bertz CT molecular complexity index is 496. The monoisotopic (exact) mass is 356 g/mol. The molecule has 0 aromatic carbocycles. The summed E-state index contributed by atoms with van der Waals surface area (Å²) in [5.74, 6) is 0. The van der Waals surface area contributed by atoms with Crippen LogP contribution in [0.25, 0.3) is 0 Å². The molecule has 0 aliphatic carbocycles. The fourth-order valence-corrected chi connectivity index (χ4v) is 2.37. The lowest BCUT2D eigenvalue weighted by molar-refractivity contribution is 0.971. The maximum Gasteiger partial charge on any atom is 0.223 e. The minimum atomic E-state index is 0.194. The van der Waals surface area contributed by atoms with E-state index in [2.05, 4.69) is 19.9 Å². The number of aromatic nitrogens is 4. The molecule has 19 heavy (non-hydrogen) atoms. The molecule has 0 fully saturated rings. The van der Waals surface area contributed by atoms with Gasteiger partial charge in [-0.05, 0) is 30.8 Å². The molecule has 0 spiro atoms. The van der Waals surface area contributed by atoms with Gasteiger partial charge in [0.2, 0.25) is 5.28 Å². The molecule has 2 rings (SSSR count). The average molecular weight is 358 g/mol. The third kappa shape index (κ3) is 6.58. The van der Waals surface area contributed by atoms with Gasteiger partial charge in [0.15, 0.2) is 5.16 Å². The van der Waals surface area contributed by atoms with Gasteiger partial charge in [-0.3, -0.25) is 0 Å². The molecule has 0 aliphatic rings. The summed E-state index contributed by atoms with van der Waals surface area (Å²) in [6, 6.07) is 3.15. The quantitative estimate of drug-likeness (QED) is 0.424. The Hall–Kier alpha value is -0.330. The lowest BCUT2D eigenvalue weighted by atomic mass is 10.5. The largest absolute Gasteiger partial charge is 0.223 e. The van der Waals surface area contributed by atoms with Crippen LogP contribution in [0.5, 0.6) is 0 Å². The van der Waals surface area contributed by atoms with E-state index in [1.807, 2.05) is 6.26 Å². The highest BCUT2D eigenvalue weighted by atomic mass is 35.5. The van der Waals surface area contributed by atoms with Gasteiger partial charge in [0.25, 0.3) is 0 Å². The van der Waals surface area contributed by atoms with E-state index in [1.54, 1.807) is 13.0 Å². The summed E-state index contributed by atoms with van der Waals surface area (Å²) >= 11 is 23.5. The first-order valence-electron chi connectivity index (χ1n) is 4.81. The van der Waals surface area contributed by atoms with Crippen LogP contribution in [0.2, 0.25) is 20.7 Å². The second kappa shape index (κ2) is 8.07. The molecule has 0 unspecified atom stereocenters. The summed E-state index contributed by atoms with van der Waals surface area (Å²) in [5.41, 5.74) is 0.778. The zero-order valence-electron chi connectivity index (χ0n) is 9.86. The average Bonchev–Trinajstić information content (AvgIpc) is 2.26. The Balaban J connectivity index is 0.000000191. The van der Waals surface area contributed by atoms with Gasteiger partial charge in [-0.15, -0.1) is 0 Å². The summed E-state index contributed by atoms with van der Waals surface area (Å²) in [7, 11) is 0. The highest BCUT2D eigenvalue weighted by molar-refractivity contribution is 7.98. The predicted octanol–water partition coefficient (Wildman–Crippen LogP) is 4.60. The van der Waals surface area contributed by atoms with Crippen molar-refractivity contribution < 1.29 is 0 Å². The second-order valence-corrected chi connectivity index (χ2v) is 5.37. The Kier molecular flexibility index (Phi) is 7.10. The molecule has 0 bridgehead atoms. The predicted molar refractivity (Wildman–Crippen MR) is 80.6 cm³/mol. The van der Waals surface area contributed by atoms with Crippen molar-refractivity contribution >= 4 is 58.2 Å². The summed E-state index contributed by atoms with van der Waals surface area (Å²) < 4.78 is 0. The molecule has 0 amide bonds. The van der Waals surface area contributed by atoms with Crippen molar-refractivity contribution in [2.45, 2.75) is 12.1 Å². The molecule has 0 aliphatic heterocycles. The van der Waals surface area contributed by atoms with Crippen LogP contribution < -0.4 is 0 Å². The van der Waals surface area contributed by atoms with E-state index in [0.717, 1.165) is 5.69 Å². The van der Waals surface area contributed by atoms with Gasteiger partial charge in [-0.1, -0.05) is 46.6 Å². The van der Waals surface area contributed by atoms with Crippen molar-refractivity contribution in [3.05, 3.63) is 38.6 Å². The number of hydrogen-bond acceptors (Lipinski definition) is 5. The van der Waals surface area contributed by atoms with E-state index < -0.39 is 0 Å². The summed E-state index contributed by atoms with van der Waals surface area (Å²) in [6.45, 7) is 1.80. The van der Waals surface area contributed by atoms with Crippen LogP contribution in [-0.2, 0) is 0 Å². The molecule has 0 radical (unpaired) electrons. The van der Waals surface area contributed by atoms with Gasteiger partial charge in [-0.25, -0.2) is 19.9 Å². The van der Waals surface area contributed by atoms with Gasteiger partial charge in [0.05, 0.1) is 0 Å². The molecular formula is C10H8Cl4N4S. The van der Waals surface area contributed by atoms with Gasteiger partial charge in [0.1, 0.15) is 15.5 Å². The number of rotatable bonds is 1. The van der Waals surface area contributed by atoms with Crippen LogP contribution in [0.15, 0.2) is 17.3 Å². The highest BCUT2D eigenvalue weighted by Gasteiger charge is 1.98. The van der Waals surface area contributed by atoms with Crippen molar-refractivity contribution in [3.63, 3.8) is 0 Å². The number of thioether (sulfide) groups is 1. The van der Waals surface area contributed by atoms with Crippen LogP contribution in [0.3, 0.4) is 0 Å². The number of hydrogen-bond donors (Lipinski definition) is 0. The maximum atomic E-state index is 5.58. The van der Waals surface area contributed by atoms with Gasteiger partial charge in [0, 0.05) is 11.8 Å².